The largest absolute Gasteiger partial charge is 0.495 e. The van der Waals surface area contributed by atoms with Crippen molar-refractivity contribution in [3.8, 4) is 17.2 Å². The third kappa shape index (κ3) is 8.43. The third-order valence-corrected chi connectivity index (χ3v) is 7.78. The Morgan fingerprint density at radius 1 is 0.979 bits per heavy atom. The molecule has 0 saturated carbocycles. The molecule has 12 nitrogen and oxygen atoms in total. The molecule has 0 bridgehead atoms. The molecule has 2 aromatic heterocycles. The number of amides is 1. The summed E-state index contributed by atoms with van der Waals surface area (Å²) >= 11 is 0. The van der Waals surface area contributed by atoms with Crippen LogP contribution in [0, 0.1) is 5.82 Å². The SMILES string of the molecule is C=CC(=O)N1CCC(Nc2cc3c(Nc4ccc(Oc5ccnc(N6CCOCC6)c5)cc4F)ncnc3cc2OC)CC1.COC. The van der Waals surface area contributed by atoms with E-state index in [0.29, 0.717) is 60.3 Å². The first-order valence-electron chi connectivity index (χ1n) is 15.4. The molecule has 2 aliphatic heterocycles. The third-order valence-electron chi connectivity index (χ3n) is 7.78. The van der Waals surface area contributed by atoms with Crippen molar-refractivity contribution in [1.82, 2.24) is 19.9 Å². The zero-order valence-electron chi connectivity index (χ0n) is 26.9. The van der Waals surface area contributed by atoms with Crippen molar-refractivity contribution in [2.24, 2.45) is 0 Å². The highest BCUT2D eigenvalue weighted by Gasteiger charge is 2.23. The van der Waals surface area contributed by atoms with Gasteiger partial charge in [-0.2, -0.15) is 0 Å². The Balaban J connectivity index is 0.00000139. The Labute approximate surface area is 273 Å². The van der Waals surface area contributed by atoms with E-state index < -0.39 is 5.82 Å². The number of pyridine rings is 1. The van der Waals surface area contributed by atoms with Gasteiger partial charge in [-0.05, 0) is 43.2 Å². The number of carbonyl (C=O) groups is 1. The zero-order chi connectivity index (χ0) is 33.2. The van der Waals surface area contributed by atoms with Crippen molar-refractivity contribution in [1.29, 1.82) is 0 Å². The van der Waals surface area contributed by atoms with Gasteiger partial charge in [0.15, 0.2) is 0 Å². The molecule has 2 fully saturated rings. The summed E-state index contributed by atoms with van der Waals surface area (Å²) in [5.41, 5.74) is 1.65. The summed E-state index contributed by atoms with van der Waals surface area (Å²) in [5.74, 6) is 2.24. The lowest BCUT2D eigenvalue weighted by Crippen LogP contribution is -2.41. The molecule has 4 aromatic rings. The number of fused-ring (bicyclic) bond motifs is 1. The second-order valence-corrected chi connectivity index (χ2v) is 11.0. The lowest BCUT2D eigenvalue weighted by Gasteiger charge is -2.32. The highest BCUT2D eigenvalue weighted by atomic mass is 19.1. The van der Waals surface area contributed by atoms with Crippen molar-refractivity contribution in [3.63, 3.8) is 0 Å². The molecule has 4 heterocycles. The fourth-order valence-corrected chi connectivity index (χ4v) is 5.41. The van der Waals surface area contributed by atoms with E-state index in [9.17, 15) is 4.79 Å². The van der Waals surface area contributed by atoms with Crippen LogP contribution in [0.15, 0.2) is 67.6 Å². The Hall–Kier alpha value is -5.01. The highest BCUT2D eigenvalue weighted by molar-refractivity contribution is 5.95. The average Bonchev–Trinajstić information content (AvgIpc) is 3.10. The molecule has 0 spiro atoms. The summed E-state index contributed by atoms with van der Waals surface area (Å²) in [6.07, 6.45) is 6.02. The molecule has 13 heteroatoms. The lowest BCUT2D eigenvalue weighted by molar-refractivity contribution is -0.126. The van der Waals surface area contributed by atoms with Crippen LogP contribution in [-0.4, -0.2) is 92.5 Å². The molecular weight excluding hydrogens is 605 g/mol. The molecular formula is C34H40FN7O5. The molecule has 0 unspecified atom stereocenters. The molecule has 1 amide bonds. The van der Waals surface area contributed by atoms with Crippen LogP contribution >= 0.6 is 0 Å². The van der Waals surface area contributed by atoms with E-state index in [2.05, 4.69) is 41.8 Å². The van der Waals surface area contributed by atoms with Gasteiger partial charge in [-0.15, -0.1) is 0 Å². The van der Waals surface area contributed by atoms with Crippen LogP contribution in [0.4, 0.5) is 27.4 Å². The van der Waals surface area contributed by atoms with E-state index in [1.165, 1.54) is 18.5 Å². The molecule has 47 heavy (non-hydrogen) atoms. The van der Waals surface area contributed by atoms with Crippen molar-refractivity contribution in [2.45, 2.75) is 18.9 Å². The van der Waals surface area contributed by atoms with Gasteiger partial charge in [0.25, 0.3) is 0 Å². The van der Waals surface area contributed by atoms with Crippen LogP contribution in [0.25, 0.3) is 10.9 Å². The average molecular weight is 646 g/mol. The first-order chi connectivity index (χ1) is 22.9. The number of nitrogens with one attached hydrogen (secondary N) is 2. The predicted molar refractivity (Wildman–Crippen MR) is 179 cm³/mol. The van der Waals surface area contributed by atoms with E-state index in [0.717, 1.165) is 37.4 Å². The van der Waals surface area contributed by atoms with Gasteiger partial charge in [0.05, 0.1) is 37.2 Å². The highest BCUT2D eigenvalue weighted by Crippen LogP contribution is 2.35. The number of hydrogen-bond acceptors (Lipinski definition) is 11. The van der Waals surface area contributed by atoms with Crippen LogP contribution in [0.1, 0.15) is 12.8 Å². The minimum atomic E-state index is -0.496. The number of carbonyl (C=O) groups excluding carboxylic acids is 1. The monoisotopic (exact) mass is 645 g/mol. The number of aromatic nitrogens is 3. The Morgan fingerprint density at radius 2 is 1.72 bits per heavy atom. The summed E-state index contributed by atoms with van der Waals surface area (Å²) in [6.45, 7) is 7.68. The van der Waals surface area contributed by atoms with Gasteiger partial charge < -0.3 is 39.4 Å². The molecule has 0 atom stereocenters. The zero-order valence-corrected chi connectivity index (χ0v) is 26.9. The molecule has 2 aromatic carbocycles. The number of morpholine rings is 1. The van der Waals surface area contributed by atoms with Gasteiger partial charge in [0, 0.05) is 76.2 Å². The van der Waals surface area contributed by atoms with Crippen molar-refractivity contribution >= 4 is 39.8 Å². The van der Waals surface area contributed by atoms with Gasteiger partial charge >= 0.3 is 0 Å². The minimum absolute atomic E-state index is 0.0540. The van der Waals surface area contributed by atoms with Crippen molar-refractivity contribution in [2.75, 3.05) is 76.3 Å². The summed E-state index contributed by atoms with van der Waals surface area (Å²) in [7, 11) is 4.85. The Bertz CT molecular complexity index is 1680. The van der Waals surface area contributed by atoms with E-state index in [1.807, 2.05) is 18.2 Å². The topological polar surface area (TPSA) is 123 Å². The molecule has 0 aliphatic carbocycles. The van der Waals surface area contributed by atoms with Crippen LogP contribution in [-0.2, 0) is 14.3 Å². The number of piperidine rings is 1. The fourth-order valence-electron chi connectivity index (χ4n) is 5.41. The number of ether oxygens (including phenoxy) is 4. The standard InChI is InChI=1S/C32H34FN7O4.C2H6O/c1-3-31(41)40-10-7-21(8-11-40)37-28-18-24-27(19-29(28)42-2)35-20-36-32(24)38-26-5-4-22(16-25(26)33)44-23-6-9-34-30(17-23)39-12-14-43-15-13-39;1-3-2/h3-6,9,16-21,37H,1,7-8,10-15H2,2H3,(H,35,36,38);1-2H3. The van der Waals surface area contributed by atoms with E-state index >= 15 is 4.39 Å². The maximum atomic E-state index is 15.3. The second kappa shape index (κ2) is 16.0. The summed E-state index contributed by atoms with van der Waals surface area (Å²) in [5, 5.41) is 7.37. The normalized spacial score (nSPS) is 15.0. The van der Waals surface area contributed by atoms with Gasteiger partial charge in [-0.25, -0.2) is 19.3 Å². The van der Waals surface area contributed by atoms with Crippen LogP contribution in [0.2, 0.25) is 0 Å². The van der Waals surface area contributed by atoms with Crippen LogP contribution in [0.5, 0.6) is 17.2 Å². The number of benzene rings is 2. The molecule has 2 aliphatic rings. The van der Waals surface area contributed by atoms with Crippen LogP contribution in [0.3, 0.4) is 0 Å². The summed E-state index contributed by atoms with van der Waals surface area (Å²) in [6, 6.07) is 12.1. The first kappa shape index (κ1) is 33.4. The predicted octanol–water partition coefficient (Wildman–Crippen LogP) is 5.40. The number of anilines is 4. The number of likely N-dealkylation sites (tertiary alicyclic amines) is 1. The van der Waals surface area contributed by atoms with Crippen molar-refractivity contribution < 1.29 is 28.1 Å². The van der Waals surface area contributed by atoms with E-state index in [1.54, 1.807) is 50.6 Å². The minimum Gasteiger partial charge on any atom is -0.495 e. The second-order valence-electron chi connectivity index (χ2n) is 11.0. The van der Waals surface area contributed by atoms with Gasteiger partial charge in [0.2, 0.25) is 5.91 Å². The molecule has 248 valence electrons. The Kier molecular flexibility index (Phi) is 11.4. The molecule has 2 saturated heterocycles. The van der Waals surface area contributed by atoms with E-state index in [-0.39, 0.29) is 17.6 Å². The summed E-state index contributed by atoms with van der Waals surface area (Å²) in [4.78, 5) is 29.1. The lowest BCUT2D eigenvalue weighted by atomic mass is 10.0. The van der Waals surface area contributed by atoms with Gasteiger partial charge in [-0.3, -0.25) is 4.79 Å². The van der Waals surface area contributed by atoms with Crippen molar-refractivity contribution in [3.05, 3.63) is 73.5 Å². The fraction of sp³-hybridized carbons (Fsp3) is 0.353. The van der Waals surface area contributed by atoms with Crippen LogP contribution < -0.4 is 25.0 Å². The van der Waals surface area contributed by atoms with E-state index in [4.69, 9.17) is 14.2 Å². The number of rotatable bonds is 9. The van der Waals surface area contributed by atoms with Gasteiger partial charge in [0.1, 0.15) is 41.0 Å². The number of halogens is 1. The Morgan fingerprint density at radius 3 is 2.43 bits per heavy atom. The maximum absolute atomic E-state index is 15.3. The smallest absolute Gasteiger partial charge is 0.245 e. The summed E-state index contributed by atoms with van der Waals surface area (Å²) < 4.78 is 36.6. The van der Waals surface area contributed by atoms with Gasteiger partial charge in [-0.1, -0.05) is 6.58 Å². The number of hydrogen-bond donors (Lipinski definition) is 2. The quantitative estimate of drug-likeness (QED) is 0.228. The molecule has 0 radical (unpaired) electrons. The first-order valence-corrected chi connectivity index (χ1v) is 15.4. The number of nitrogens with zero attached hydrogens (tertiary/aromatic N) is 5. The molecule has 2 N–H and O–H groups in total. The maximum Gasteiger partial charge on any atom is 0.245 e. The molecule has 6 rings (SSSR count). The number of methoxy groups -OCH3 is 2.